The summed E-state index contributed by atoms with van der Waals surface area (Å²) in [5.41, 5.74) is 2.08. The lowest BCUT2D eigenvalue weighted by atomic mass is 10.2. The number of alkyl halides is 3. The molecule has 0 saturated heterocycles. The van der Waals surface area contributed by atoms with Crippen LogP contribution in [0.15, 0.2) is 58.3 Å². The van der Waals surface area contributed by atoms with Gasteiger partial charge >= 0.3 is 6.18 Å². The molecule has 0 fully saturated rings. The summed E-state index contributed by atoms with van der Waals surface area (Å²) in [5, 5.41) is 2.69. The zero-order valence-electron chi connectivity index (χ0n) is 15.3. The lowest BCUT2D eigenvalue weighted by Crippen LogP contribution is -2.38. The molecule has 0 radical (unpaired) electrons. The summed E-state index contributed by atoms with van der Waals surface area (Å²) in [6.07, 6.45) is -4.15. The van der Waals surface area contributed by atoms with E-state index in [4.69, 9.17) is 0 Å². The summed E-state index contributed by atoms with van der Waals surface area (Å²) < 4.78 is 40.9. The van der Waals surface area contributed by atoms with Crippen LogP contribution in [0.25, 0.3) is 0 Å². The minimum Gasteiger partial charge on any atom is -0.370 e. The van der Waals surface area contributed by atoms with Gasteiger partial charge in [-0.3, -0.25) is 4.79 Å². The molecule has 1 unspecified atom stereocenters. The monoisotopic (exact) mass is 410 g/mol. The Morgan fingerprint density at radius 3 is 2.25 bits per heavy atom. The highest BCUT2D eigenvalue weighted by molar-refractivity contribution is 7.99. The van der Waals surface area contributed by atoms with Crippen molar-refractivity contribution >= 4 is 29.0 Å². The average Bonchev–Trinajstić information content (AvgIpc) is 2.64. The Balaban J connectivity index is 1.58. The van der Waals surface area contributed by atoms with E-state index >= 15 is 0 Å². The molecule has 1 atom stereocenters. The maximum absolute atomic E-state index is 12.3. The highest BCUT2D eigenvalue weighted by Crippen LogP contribution is 2.47. The smallest absolute Gasteiger partial charge is 0.370 e. The van der Waals surface area contributed by atoms with Gasteiger partial charge in [-0.1, -0.05) is 36.0 Å². The van der Waals surface area contributed by atoms with Gasteiger partial charge < -0.3 is 15.0 Å². The largest absolute Gasteiger partial charge is 0.411 e. The van der Waals surface area contributed by atoms with E-state index in [2.05, 4.69) is 15.0 Å². The molecular weight excluding hydrogens is 389 g/mol. The van der Waals surface area contributed by atoms with E-state index in [9.17, 15) is 18.0 Å². The van der Waals surface area contributed by atoms with E-state index < -0.39 is 18.8 Å². The normalized spacial score (nSPS) is 14.2. The van der Waals surface area contributed by atoms with Crippen molar-refractivity contribution in [1.29, 1.82) is 0 Å². The molecule has 4 nitrogen and oxygen atoms in total. The fraction of sp³-hybridized carbons (Fsp3) is 0.350. The van der Waals surface area contributed by atoms with Crippen molar-refractivity contribution in [2.45, 2.75) is 35.4 Å². The van der Waals surface area contributed by atoms with Crippen LogP contribution < -0.4 is 10.2 Å². The topological polar surface area (TPSA) is 41.6 Å². The zero-order valence-corrected chi connectivity index (χ0v) is 16.1. The van der Waals surface area contributed by atoms with E-state index in [0.29, 0.717) is 6.54 Å². The number of para-hydroxylation sites is 2. The molecule has 0 spiro atoms. The predicted molar refractivity (Wildman–Crippen MR) is 103 cm³/mol. The quantitative estimate of drug-likeness (QED) is 0.715. The van der Waals surface area contributed by atoms with Crippen LogP contribution in [0.2, 0.25) is 0 Å². The summed E-state index contributed by atoms with van der Waals surface area (Å²) in [6, 6.07) is 15.5. The number of rotatable bonds is 7. The minimum absolute atomic E-state index is 0.183. The van der Waals surface area contributed by atoms with Gasteiger partial charge in [0.2, 0.25) is 5.91 Å². The molecule has 28 heavy (non-hydrogen) atoms. The molecule has 2 aromatic carbocycles. The van der Waals surface area contributed by atoms with Crippen LogP contribution in [0.3, 0.4) is 0 Å². The van der Waals surface area contributed by atoms with Crippen LogP contribution >= 0.6 is 11.8 Å². The number of amides is 1. The second-order valence-corrected chi connectivity index (χ2v) is 7.62. The van der Waals surface area contributed by atoms with Crippen molar-refractivity contribution in [3.63, 3.8) is 0 Å². The molecule has 1 heterocycles. The number of hydrogen-bond donors (Lipinski definition) is 1. The Hall–Kier alpha value is -2.19. The van der Waals surface area contributed by atoms with Crippen LogP contribution in [0.1, 0.15) is 13.3 Å². The highest BCUT2D eigenvalue weighted by atomic mass is 32.2. The minimum atomic E-state index is -4.36. The van der Waals surface area contributed by atoms with E-state index in [1.807, 2.05) is 48.5 Å². The van der Waals surface area contributed by atoms with Crippen LogP contribution in [0, 0.1) is 0 Å². The van der Waals surface area contributed by atoms with Gasteiger partial charge in [-0.05, 0) is 31.2 Å². The van der Waals surface area contributed by atoms with Crippen LogP contribution in [-0.4, -0.2) is 37.9 Å². The van der Waals surface area contributed by atoms with Crippen LogP contribution in [0.5, 0.6) is 0 Å². The molecule has 0 aliphatic carbocycles. The maximum Gasteiger partial charge on any atom is 0.411 e. The maximum atomic E-state index is 12.3. The summed E-state index contributed by atoms with van der Waals surface area (Å²) in [4.78, 5) is 16.6. The summed E-state index contributed by atoms with van der Waals surface area (Å²) >= 11 is 1.69. The molecule has 3 rings (SSSR count). The van der Waals surface area contributed by atoms with Crippen molar-refractivity contribution < 1.29 is 22.7 Å². The van der Waals surface area contributed by atoms with Gasteiger partial charge in [0, 0.05) is 28.8 Å². The van der Waals surface area contributed by atoms with Gasteiger partial charge in [0.25, 0.3) is 0 Å². The fourth-order valence-corrected chi connectivity index (χ4v) is 4.07. The summed E-state index contributed by atoms with van der Waals surface area (Å²) in [7, 11) is 0. The number of carbonyl (C=O) groups is 1. The predicted octanol–water partition coefficient (Wildman–Crippen LogP) is 4.76. The second kappa shape index (κ2) is 8.87. The number of ether oxygens (including phenoxy) is 1. The van der Waals surface area contributed by atoms with E-state index in [1.54, 1.807) is 18.7 Å². The van der Waals surface area contributed by atoms with Crippen LogP contribution in [-0.2, 0) is 9.53 Å². The number of benzene rings is 2. The van der Waals surface area contributed by atoms with Crippen molar-refractivity contribution in [3.05, 3.63) is 48.5 Å². The Labute approximate surface area is 166 Å². The van der Waals surface area contributed by atoms with E-state index in [-0.39, 0.29) is 18.9 Å². The van der Waals surface area contributed by atoms with E-state index in [0.717, 1.165) is 21.2 Å². The Kier molecular flexibility index (Phi) is 6.51. The number of halogens is 3. The lowest BCUT2D eigenvalue weighted by Gasteiger charge is -2.32. The van der Waals surface area contributed by atoms with Crippen molar-refractivity contribution in [1.82, 2.24) is 5.32 Å². The van der Waals surface area contributed by atoms with Gasteiger partial charge in [-0.2, -0.15) is 13.2 Å². The molecule has 0 saturated carbocycles. The summed E-state index contributed by atoms with van der Waals surface area (Å²) in [6.45, 7) is 0.594. The number of fused-ring (bicyclic) bond motifs is 2. The third kappa shape index (κ3) is 5.42. The molecular formula is C20H21F3N2O2S. The average molecular weight is 410 g/mol. The van der Waals surface area contributed by atoms with Crippen molar-refractivity contribution in [2.75, 3.05) is 24.7 Å². The van der Waals surface area contributed by atoms with Crippen molar-refractivity contribution in [3.8, 4) is 0 Å². The third-order valence-corrected chi connectivity index (χ3v) is 5.27. The first kappa shape index (κ1) is 20.5. The van der Waals surface area contributed by atoms with Gasteiger partial charge in [0.1, 0.15) is 6.61 Å². The van der Waals surface area contributed by atoms with Crippen LogP contribution in [0.4, 0.5) is 24.5 Å². The summed E-state index contributed by atoms with van der Waals surface area (Å²) in [5.74, 6) is -0.226. The first-order valence-electron chi connectivity index (χ1n) is 8.91. The number of carbonyl (C=O) groups excluding carboxylic acids is 1. The first-order chi connectivity index (χ1) is 13.3. The molecule has 2 aromatic rings. The Morgan fingerprint density at radius 2 is 1.68 bits per heavy atom. The number of hydrogen-bond acceptors (Lipinski definition) is 4. The third-order valence-electron chi connectivity index (χ3n) is 4.14. The molecule has 1 N–H and O–H groups in total. The first-order valence-corrected chi connectivity index (χ1v) is 9.72. The zero-order chi connectivity index (χ0) is 20.1. The Morgan fingerprint density at radius 1 is 1.11 bits per heavy atom. The molecule has 8 heteroatoms. The van der Waals surface area contributed by atoms with Gasteiger partial charge in [0.15, 0.2) is 0 Å². The molecule has 0 aromatic heterocycles. The van der Waals surface area contributed by atoms with Gasteiger partial charge in [-0.15, -0.1) is 0 Å². The standard InChI is InChI=1S/C20H21F3N2O2S/c1-14(12-27-13-20(21,22)23)24-19(26)10-11-25-15-6-2-4-8-17(15)28-18-9-5-3-7-16(18)25/h2-9,14H,10-13H2,1H3,(H,24,26). The molecule has 150 valence electrons. The fourth-order valence-electron chi connectivity index (χ4n) is 2.98. The number of nitrogens with one attached hydrogen (secondary N) is 1. The second-order valence-electron chi connectivity index (χ2n) is 6.54. The highest BCUT2D eigenvalue weighted by Gasteiger charge is 2.28. The molecule has 1 aliphatic heterocycles. The molecule has 0 bridgehead atoms. The van der Waals surface area contributed by atoms with Gasteiger partial charge in [0.05, 0.1) is 18.0 Å². The molecule has 1 amide bonds. The number of nitrogens with zero attached hydrogens (tertiary/aromatic N) is 1. The number of anilines is 2. The molecule has 1 aliphatic rings. The van der Waals surface area contributed by atoms with E-state index in [1.165, 1.54) is 0 Å². The lowest BCUT2D eigenvalue weighted by molar-refractivity contribution is -0.175. The Bertz CT molecular complexity index is 784. The SMILES string of the molecule is CC(COCC(F)(F)F)NC(=O)CCN1c2ccccc2Sc2ccccc21. The van der Waals surface area contributed by atoms with Gasteiger partial charge in [-0.25, -0.2) is 0 Å². The van der Waals surface area contributed by atoms with Crippen molar-refractivity contribution in [2.24, 2.45) is 0 Å².